The molecule has 0 spiro atoms. The van der Waals surface area contributed by atoms with E-state index in [0.29, 0.717) is 6.42 Å². The molecule has 0 fully saturated rings. The van der Waals surface area contributed by atoms with E-state index < -0.39 is 18.0 Å². The Balaban J connectivity index is 3.92. The number of methoxy groups -OCH3 is 1. The van der Waals surface area contributed by atoms with Gasteiger partial charge < -0.3 is 18.9 Å². The Morgan fingerprint density at radius 3 is 1.95 bits per heavy atom. The fraction of sp³-hybridized carbons (Fsp3) is 0.750. The molecule has 19 heavy (non-hydrogen) atoms. The van der Waals surface area contributed by atoms with E-state index in [-0.39, 0.29) is 32.2 Å². The van der Waals surface area contributed by atoms with Gasteiger partial charge in [0.2, 0.25) is 0 Å². The third-order valence-corrected chi connectivity index (χ3v) is 2.05. The van der Waals surface area contributed by atoms with Gasteiger partial charge in [-0.1, -0.05) is 0 Å². The molecule has 0 heterocycles. The molecule has 7 nitrogen and oxygen atoms in total. The van der Waals surface area contributed by atoms with Crippen molar-refractivity contribution in [3.63, 3.8) is 0 Å². The summed E-state index contributed by atoms with van der Waals surface area (Å²) in [5.74, 6) is -1.20. The standard InChI is InChI=1S/C12H20O7/c1-9(13)18-7-11(8-19-10(2)14)17-6-4-5-12(15)16-3/h11H,4-8H2,1-3H3. The Labute approximate surface area is 112 Å². The first-order valence-corrected chi connectivity index (χ1v) is 5.90. The number of carbonyl (C=O) groups is 3. The molecule has 0 aliphatic heterocycles. The lowest BCUT2D eigenvalue weighted by atomic mass is 10.3. The molecule has 0 radical (unpaired) electrons. The molecule has 7 heteroatoms. The fourth-order valence-corrected chi connectivity index (χ4v) is 1.13. The highest BCUT2D eigenvalue weighted by molar-refractivity contribution is 5.69. The molecule has 110 valence electrons. The molecule has 0 N–H and O–H groups in total. The normalized spacial score (nSPS) is 10.1. The zero-order valence-corrected chi connectivity index (χ0v) is 11.5. The number of carbonyl (C=O) groups excluding carboxylic acids is 3. The second-order valence-electron chi connectivity index (χ2n) is 3.78. The summed E-state index contributed by atoms with van der Waals surface area (Å²) in [5, 5.41) is 0. The predicted molar refractivity (Wildman–Crippen MR) is 64.3 cm³/mol. The lowest BCUT2D eigenvalue weighted by molar-refractivity contribution is -0.152. The highest BCUT2D eigenvalue weighted by atomic mass is 16.6. The van der Waals surface area contributed by atoms with E-state index in [0.717, 1.165) is 0 Å². The Hall–Kier alpha value is -1.63. The van der Waals surface area contributed by atoms with Crippen molar-refractivity contribution >= 4 is 17.9 Å². The van der Waals surface area contributed by atoms with Crippen molar-refractivity contribution in [2.45, 2.75) is 32.8 Å². The lowest BCUT2D eigenvalue weighted by Crippen LogP contribution is -2.28. The average Bonchev–Trinajstić information content (AvgIpc) is 2.35. The first kappa shape index (κ1) is 17.4. The molecule has 0 saturated heterocycles. The minimum absolute atomic E-state index is 0.000831. The van der Waals surface area contributed by atoms with E-state index in [1.165, 1.54) is 21.0 Å². The molecule has 0 aliphatic carbocycles. The SMILES string of the molecule is COC(=O)CCCOC(COC(C)=O)COC(C)=O. The van der Waals surface area contributed by atoms with Gasteiger partial charge in [0.25, 0.3) is 0 Å². The molecule has 0 atom stereocenters. The van der Waals surface area contributed by atoms with Crippen LogP contribution in [0.15, 0.2) is 0 Å². The van der Waals surface area contributed by atoms with Crippen LogP contribution in [0.1, 0.15) is 26.7 Å². The number of hydrogen-bond donors (Lipinski definition) is 0. The quantitative estimate of drug-likeness (QED) is 0.343. The molecule has 0 aliphatic rings. The Bertz CT molecular complexity index is 282. The lowest BCUT2D eigenvalue weighted by Gasteiger charge is -2.17. The second kappa shape index (κ2) is 10.3. The van der Waals surface area contributed by atoms with Crippen LogP contribution in [0.4, 0.5) is 0 Å². The van der Waals surface area contributed by atoms with Crippen molar-refractivity contribution in [1.29, 1.82) is 0 Å². The topological polar surface area (TPSA) is 88.1 Å². The van der Waals surface area contributed by atoms with E-state index in [1.54, 1.807) is 0 Å². The largest absolute Gasteiger partial charge is 0.469 e. The zero-order chi connectivity index (χ0) is 14.7. The molecular weight excluding hydrogens is 256 g/mol. The molecule has 0 aromatic carbocycles. The summed E-state index contributed by atoms with van der Waals surface area (Å²) in [6, 6.07) is 0. The Kier molecular flexibility index (Phi) is 9.42. The van der Waals surface area contributed by atoms with Crippen LogP contribution in [0, 0.1) is 0 Å². The number of hydrogen-bond acceptors (Lipinski definition) is 7. The van der Waals surface area contributed by atoms with Crippen LogP contribution in [0.25, 0.3) is 0 Å². The summed E-state index contributed by atoms with van der Waals surface area (Å²) in [5.41, 5.74) is 0. The Morgan fingerprint density at radius 2 is 1.53 bits per heavy atom. The zero-order valence-electron chi connectivity index (χ0n) is 11.5. The summed E-state index contributed by atoms with van der Waals surface area (Å²) in [6.45, 7) is 2.84. The van der Waals surface area contributed by atoms with Crippen LogP contribution in [-0.4, -0.2) is 50.9 Å². The van der Waals surface area contributed by atoms with Crippen LogP contribution in [0.5, 0.6) is 0 Å². The maximum absolute atomic E-state index is 10.9. The van der Waals surface area contributed by atoms with Gasteiger partial charge in [0.1, 0.15) is 19.3 Å². The minimum Gasteiger partial charge on any atom is -0.469 e. The van der Waals surface area contributed by atoms with Gasteiger partial charge in [-0.15, -0.1) is 0 Å². The van der Waals surface area contributed by atoms with E-state index in [1.807, 2.05) is 0 Å². The van der Waals surface area contributed by atoms with Crippen molar-refractivity contribution in [2.24, 2.45) is 0 Å². The molecular formula is C12H20O7. The van der Waals surface area contributed by atoms with E-state index in [9.17, 15) is 14.4 Å². The molecule has 0 bridgehead atoms. The van der Waals surface area contributed by atoms with E-state index >= 15 is 0 Å². The summed E-state index contributed by atoms with van der Waals surface area (Å²) in [4.78, 5) is 32.3. The van der Waals surface area contributed by atoms with Crippen LogP contribution in [0.2, 0.25) is 0 Å². The molecule has 0 aromatic rings. The average molecular weight is 276 g/mol. The third kappa shape index (κ3) is 11.2. The van der Waals surface area contributed by atoms with Crippen molar-refractivity contribution in [2.75, 3.05) is 26.9 Å². The smallest absolute Gasteiger partial charge is 0.305 e. The van der Waals surface area contributed by atoms with Gasteiger partial charge in [0.15, 0.2) is 0 Å². The highest BCUT2D eigenvalue weighted by Crippen LogP contribution is 2.00. The summed E-state index contributed by atoms with van der Waals surface area (Å²) >= 11 is 0. The van der Waals surface area contributed by atoms with Gasteiger partial charge in [-0.3, -0.25) is 14.4 Å². The maximum Gasteiger partial charge on any atom is 0.305 e. The van der Waals surface area contributed by atoms with Gasteiger partial charge in [0.05, 0.1) is 7.11 Å². The summed E-state index contributed by atoms with van der Waals surface area (Å²) in [7, 11) is 1.31. The van der Waals surface area contributed by atoms with Gasteiger partial charge in [-0.05, 0) is 6.42 Å². The summed E-state index contributed by atoms with van der Waals surface area (Å²) in [6.07, 6.45) is 0.179. The van der Waals surface area contributed by atoms with Crippen LogP contribution in [0.3, 0.4) is 0 Å². The van der Waals surface area contributed by atoms with Crippen molar-refractivity contribution in [3.05, 3.63) is 0 Å². The first-order valence-electron chi connectivity index (χ1n) is 5.90. The molecule has 0 rings (SSSR count). The Morgan fingerprint density at radius 1 is 1.00 bits per heavy atom. The molecule has 0 unspecified atom stereocenters. The fourth-order valence-electron chi connectivity index (χ4n) is 1.13. The summed E-state index contributed by atoms with van der Waals surface area (Å²) < 4.78 is 19.4. The van der Waals surface area contributed by atoms with Crippen molar-refractivity contribution in [3.8, 4) is 0 Å². The second-order valence-corrected chi connectivity index (χ2v) is 3.78. The molecule has 0 amide bonds. The number of ether oxygens (including phenoxy) is 4. The van der Waals surface area contributed by atoms with Crippen LogP contribution < -0.4 is 0 Å². The molecule has 0 saturated carbocycles. The highest BCUT2D eigenvalue weighted by Gasteiger charge is 2.13. The number of rotatable bonds is 9. The van der Waals surface area contributed by atoms with Gasteiger partial charge in [-0.25, -0.2) is 0 Å². The van der Waals surface area contributed by atoms with Gasteiger partial charge in [0, 0.05) is 26.9 Å². The van der Waals surface area contributed by atoms with E-state index in [4.69, 9.17) is 14.2 Å². The van der Waals surface area contributed by atoms with Crippen molar-refractivity contribution < 1.29 is 33.3 Å². The third-order valence-electron chi connectivity index (χ3n) is 2.05. The monoisotopic (exact) mass is 276 g/mol. The van der Waals surface area contributed by atoms with Crippen molar-refractivity contribution in [1.82, 2.24) is 0 Å². The number of esters is 3. The van der Waals surface area contributed by atoms with Crippen LogP contribution >= 0.6 is 0 Å². The van der Waals surface area contributed by atoms with Gasteiger partial charge in [-0.2, -0.15) is 0 Å². The maximum atomic E-state index is 10.9. The van der Waals surface area contributed by atoms with Gasteiger partial charge >= 0.3 is 17.9 Å². The first-order chi connectivity index (χ1) is 8.95. The van der Waals surface area contributed by atoms with E-state index in [2.05, 4.69) is 4.74 Å². The minimum atomic E-state index is -0.537. The predicted octanol–water partition coefficient (Wildman–Crippen LogP) is 0.451. The van der Waals surface area contributed by atoms with Crippen LogP contribution in [-0.2, 0) is 33.3 Å². The molecule has 0 aromatic heterocycles.